The first kappa shape index (κ1) is 12.1. The zero-order chi connectivity index (χ0) is 12.0. The minimum atomic E-state index is -0.907. The summed E-state index contributed by atoms with van der Waals surface area (Å²) in [5.74, 6) is -1.80. The van der Waals surface area contributed by atoms with Crippen molar-refractivity contribution in [3.63, 3.8) is 0 Å². The quantitative estimate of drug-likeness (QED) is 0.749. The molecule has 0 spiro atoms. The number of rotatable bonds is 5. The molecule has 1 unspecified atom stereocenters. The van der Waals surface area contributed by atoms with E-state index < -0.39 is 11.9 Å². The number of amides is 1. The largest absolute Gasteiger partial charge is 0.481 e. The highest BCUT2D eigenvalue weighted by molar-refractivity contribution is 5.93. The zero-order valence-corrected chi connectivity index (χ0v) is 8.88. The summed E-state index contributed by atoms with van der Waals surface area (Å²) >= 11 is 0. The Kier molecular flexibility index (Phi) is 4.38. The van der Waals surface area contributed by atoms with Crippen LogP contribution in [-0.2, 0) is 4.79 Å². The number of carbonyl (C=O) groups excluding carboxylic acids is 1. The third kappa shape index (κ3) is 3.30. The van der Waals surface area contributed by atoms with E-state index in [1.807, 2.05) is 0 Å². The average molecular weight is 223 g/mol. The molecule has 1 heterocycles. The summed E-state index contributed by atoms with van der Waals surface area (Å²) in [7, 11) is 0. The van der Waals surface area contributed by atoms with E-state index in [9.17, 15) is 9.59 Å². The van der Waals surface area contributed by atoms with Crippen molar-refractivity contribution in [2.75, 3.05) is 6.54 Å². The van der Waals surface area contributed by atoms with Crippen LogP contribution in [0.3, 0.4) is 0 Å². The summed E-state index contributed by atoms with van der Waals surface area (Å²) in [6.45, 7) is 1.88. The Labute approximate surface area is 92.7 Å². The van der Waals surface area contributed by atoms with Gasteiger partial charge >= 0.3 is 5.97 Å². The van der Waals surface area contributed by atoms with E-state index >= 15 is 0 Å². The molecule has 2 N–H and O–H groups in total. The molecule has 6 heteroatoms. The highest BCUT2D eigenvalue weighted by Gasteiger charge is 2.16. The highest BCUT2D eigenvalue weighted by atomic mass is 16.4. The molecule has 0 fully saturated rings. The van der Waals surface area contributed by atoms with Crippen molar-refractivity contribution in [3.8, 4) is 0 Å². The molecule has 0 bridgehead atoms. The van der Waals surface area contributed by atoms with Gasteiger partial charge in [0.1, 0.15) is 0 Å². The second kappa shape index (κ2) is 5.79. The topological polar surface area (TPSA) is 92.2 Å². The summed E-state index contributed by atoms with van der Waals surface area (Å²) < 4.78 is 0. The van der Waals surface area contributed by atoms with Crippen LogP contribution in [0, 0.1) is 5.92 Å². The lowest BCUT2D eigenvalue weighted by molar-refractivity contribution is -0.141. The van der Waals surface area contributed by atoms with Crippen molar-refractivity contribution >= 4 is 11.9 Å². The van der Waals surface area contributed by atoms with E-state index in [-0.39, 0.29) is 12.5 Å². The molecule has 6 nitrogen and oxygen atoms in total. The molecular formula is C10H13N3O3. The molecule has 0 saturated carbocycles. The van der Waals surface area contributed by atoms with Crippen molar-refractivity contribution in [3.05, 3.63) is 24.0 Å². The van der Waals surface area contributed by atoms with Crippen LogP contribution < -0.4 is 5.32 Å². The molecule has 1 atom stereocenters. The van der Waals surface area contributed by atoms with Gasteiger partial charge in [-0.15, -0.1) is 0 Å². The molecule has 0 aliphatic carbocycles. The van der Waals surface area contributed by atoms with Crippen molar-refractivity contribution in [1.82, 2.24) is 15.5 Å². The third-order valence-electron chi connectivity index (χ3n) is 2.20. The first-order valence-corrected chi connectivity index (χ1v) is 4.92. The number of aromatic nitrogens is 2. The number of carbonyl (C=O) groups is 2. The van der Waals surface area contributed by atoms with Crippen molar-refractivity contribution in [1.29, 1.82) is 0 Å². The number of nitrogens with one attached hydrogen (secondary N) is 1. The van der Waals surface area contributed by atoms with Gasteiger partial charge in [0.25, 0.3) is 5.91 Å². The van der Waals surface area contributed by atoms with Gasteiger partial charge in [-0.25, -0.2) is 0 Å². The van der Waals surface area contributed by atoms with Crippen LogP contribution >= 0.6 is 0 Å². The van der Waals surface area contributed by atoms with Crippen molar-refractivity contribution in [2.45, 2.75) is 13.3 Å². The number of nitrogens with zero attached hydrogens (tertiary/aromatic N) is 2. The fourth-order valence-electron chi connectivity index (χ4n) is 1.15. The Balaban J connectivity index is 2.50. The summed E-state index contributed by atoms with van der Waals surface area (Å²) in [5, 5.41) is 18.4. The summed E-state index contributed by atoms with van der Waals surface area (Å²) in [5.41, 5.74) is 0.371. The van der Waals surface area contributed by atoms with Crippen LogP contribution in [0.15, 0.2) is 18.5 Å². The number of aliphatic carboxylic acids is 1. The van der Waals surface area contributed by atoms with Crippen molar-refractivity contribution in [2.24, 2.45) is 5.92 Å². The monoisotopic (exact) mass is 223 g/mol. The van der Waals surface area contributed by atoms with Crippen LogP contribution in [0.4, 0.5) is 0 Å². The van der Waals surface area contributed by atoms with E-state index in [0.717, 1.165) is 0 Å². The maximum Gasteiger partial charge on any atom is 0.308 e. The Morgan fingerprint density at radius 2 is 2.25 bits per heavy atom. The van der Waals surface area contributed by atoms with Gasteiger partial charge in [-0.2, -0.15) is 10.2 Å². The molecule has 0 saturated heterocycles. The van der Waals surface area contributed by atoms with Gasteiger partial charge in [0.15, 0.2) is 0 Å². The Morgan fingerprint density at radius 3 is 2.75 bits per heavy atom. The summed E-state index contributed by atoms with van der Waals surface area (Å²) in [6.07, 6.45) is 3.21. The van der Waals surface area contributed by atoms with E-state index in [4.69, 9.17) is 5.11 Å². The van der Waals surface area contributed by atoms with Crippen LogP contribution in [0.25, 0.3) is 0 Å². The van der Waals surface area contributed by atoms with Gasteiger partial charge in [-0.1, -0.05) is 6.92 Å². The molecule has 0 aliphatic heterocycles. The smallest absolute Gasteiger partial charge is 0.308 e. The fourth-order valence-corrected chi connectivity index (χ4v) is 1.15. The first-order chi connectivity index (χ1) is 7.65. The molecule has 86 valence electrons. The molecule has 0 aromatic carbocycles. The number of hydrogen-bond acceptors (Lipinski definition) is 4. The maximum absolute atomic E-state index is 11.5. The van der Waals surface area contributed by atoms with Gasteiger partial charge in [-0.3, -0.25) is 9.59 Å². The van der Waals surface area contributed by atoms with E-state index in [1.54, 1.807) is 6.92 Å². The van der Waals surface area contributed by atoms with Crippen molar-refractivity contribution < 1.29 is 14.7 Å². The van der Waals surface area contributed by atoms with E-state index in [0.29, 0.717) is 12.0 Å². The minimum Gasteiger partial charge on any atom is -0.481 e. The molecule has 1 amide bonds. The normalized spacial score (nSPS) is 11.8. The van der Waals surface area contributed by atoms with Crippen LogP contribution in [0.2, 0.25) is 0 Å². The first-order valence-electron chi connectivity index (χ1n) is 4.92. The molecule has 16 heavy (non-hydrogen) atoms. The number of carboxylic acid groups (broad SMARTS) is 1. The SMILES string of the molecule is CCC(CNC(=O)c1ccnnc1)C(=O)O. The maximum atomic E-state index is 11.5. The lowest BCUT2D eigenvalue weighted by Crippen LogP contribution is -2.32. The molecular weight excluding hydrogens is 210 g/mol. The van der Waals surface area contributed by atoms with Crippen LogP contribution in [-0.4, -0.2) is 33.7 Å². The standard InChI is InChI=1S/C10H13N3O3/c1-2-7(10(15)16)5-11-9(14)8-3-4-12-13-6-8/h3-4,6-7H,2,5H2,1H3,(H,11,14)(H,15,16). The van der Waals surface area contributed by atoms with E-state index in [2.05, 4.69) is 15.5 Å². The molecule has 1 aromatic heterocycles. The molecule has 1 aromatic rings. The second-order valence-electron chi connectivity index (χ2n) is 3.28. The van der Waals surface area contributed by atoms with Gasteiger partial charge < -0.3 is 10.4 Å². The Hall–Kier alpha value is -1.98. The molecule has 0 radical (unpaired) electrons. The Morgan fingerprint density at radius 1 is 1.50 bits per heavy atom. The van der Waals surface area contributed by atoms with Crippen LogP contribution in [0.1, 0.15) is 23.7 Å². The lowest BCUT2D eigenvalue weighted by Gasteiger charge is -2.10. The van der Waals surface area contributed by atoms with Gasteiger partial charge in [0.05, 0.1) is 23.9 Å². The van der Waals surface area contributed by atoms with Gasteiger partial charge in [0.2, 0.25) is 0 Å². The lowest BCUT2D eigenvalue weighted by atomic mass is 10.1. The predicted molar refractivity (Wildman–Crippen MR) is 55.8 cm³/mol. The van der Waals surface area contributed by atoms with Gasteiger partial charge in [0, 0.05) is 6.54 Å². The van der Waals surface area contributed by atoms with Gasteiger partial charge in [-0.05, 0) is 12.5 Å². The number of carboxylic acids is 1. The fraction of sp³-hybridized carbons (Fsp3) is 0.400. The van der Waals surface area contributed by atoms with Crippen LogP contribution in [0.5, 0.6) is 0 Å². The van der Waals surface area contributed by atoms with E-state index in [1.165, 1.54) is 18.5 Å². The molecule has 0 aliphatic rings. The number of hydrogen-bond donors (Lipinski definition) is 2. The third-order valence-corrected chi connectivity index (χ3v) is 2.20. The summed E-state index contributed by atoms with van der Waals surface area (Å²) in [6, 6.07) is 1.52. The second-order valence-corrected chi connectivity index (χ2v) is 3.28. The summed E-state index contributed by atoms with van der Waals surface area (Å²) in [4.78, 5) is 22.2. The highest BCUT2D eigenvalue weighted by Crippen LogP contribution is 2.01. The predicted octanol–water partition coefficient (Wildman–Crippen LogP) is 0.317. The average Bonchev–Trinajstić information content (AvgIpc) is 2.30. The minimum absolute atomic E-state index is 0.118. The Bertz CT molecular complexity index is 367. The molecule has 1 rings (SSSR count). The zero-order valence-electron chi connectivity index (χ0n) is 8.88.